The number of likely N-dealkylation sites (tertiary alicyclic amines) is 1. The molecule has 0 amide bonds. The van der Waals surface area contributed by atoms with Crippen LogP contribution in [0.4, 0.5) is 0 Å². The van der Waals surface area contributed by atoms with Crippen molar-refractivity contribution in [3.05, 3.63) is 30.2 Å². The molecule has 7 heteroatoms. The van der Waals surface area contributed by atoms with Gasteiger partial charge in [0.1, 0.15) is 5.82 Å². The fourth-order valence-corrected chi connectivity index (χ4v) is 4.68. The molecule has 2 N–H and O–H groups in total. The summed E-state index contributed by atoms with van der Waals surface area (Å²) in [6.45, 7) is 7.45. The zero-order valence-electron chi connectivity index (χ0n) is 17.7. The molecule has 2 aliphatic rings. The maximum Gasteiger partial charge on any atom is 0.191 e. The van der Waals surface area contributed by atoms with Crippen molar-refractivity contribution in [1.29, 1.82) is 0 Å². The molecule has 1 atom stereocenters. The van der Waals surface area contributed by atoms with Crippen molar-refractivity contribution in [2.24, 2.45) is 10.9 Å². The molecule has 0 radical (unpaired) electrons. The van der Waals surface area contributed by atoms with E-state index >= 15 is 0 Å². The Morgan fingerprint density at radius 3 is 2.97 bits per heavy atom. The number of fused-ring (bicyclic) bond motifs is 1. The van der Waals surface area contributed by atoms with Crippen LogP contribution in [0.1, 0.15) is 51.3 Å². The van der Waals surface area contributed by atoms with Crippen LogP contribution in [0.2, 0.25) is 0 Å². The van der Waals surface area contributed by atoms with E-state index in [9.17, 15) is 0 Å². The number of hydrogen-bond acceptors (Lipinski definition) is 4. The van der Waals surface area contributed by atoms with Crippen LogP contribution in [0.25, 0.3) is 5.65 Å². The second kappa shape index (κ2) is 10.1. The number of nitrogens with one attached hydrogen (secondary N) is 2. The number of aliphatic imine (C=N–C) groups is 1. The molecule has 1 unspecified atom stereocenters. The first-order chi connectivity index (χ1) is 14.3. The van der Waals surface area contributed by atoms with E-state index in [1.54, 1.807) is 0 Å². The van der Waals surface area contributed by atoms with Crippen molar-refractivity contribution < 1.29 is 0 Å². The van der Waals surface area contributed by atoms with Gasteiger partial charge in [0.25, 0.3) is 0 Å². The molecular formula is C22H35N7. The van der Waals surface area contributed by atoms with E-state index in [4.69, 9.17) is 4.99 Å². The number of rotatable bonds is 8. The van der Waals surface area contributed by atoms with Gasteiger partial charge in [-0.3, -0.25) is 9.39 Å². The highest BCUT2D eigenvalue weighted by molar-refractivity contribution is 5.80. The molecule has 3 heterocycles. The molecule has 1 aliphatic carbocycles. The standard InChI is InChI=1S/C22H35N7/c1-2-23-22(25-19-12-15-28(17-19)16-18-8-3-4-9-18)24-13-7-11-21-27-26-20-10-5-6-14-29(20)21/h5-6,10,14,18-19H,2-4,7-9,11-13,15-17H2,1H3,(H2,23,24,25). The first-order valence-electron chi connectivity index (χ1n) is 11.4. The van der Waals surface area contributed by atoms with Gasteiger partial charge in [0.15, 0.2) is 11.6 Å². The number of guanidine groups is 1. The number of pyridine rings is 1. The lowest BCUT2D eigenvalue weighted by molar-refractivity contribution is 0.275. The lowest BCUT2D eigenvalue weighted by Gasteiger charge is -2.21. The van der Waals surface area contributed by atoms with Crippen LogP contribution in [0.3, 0.4) is 0 Å². The molecule has 2 aromatic heterocycles. The second-order valence-corrected chi connectivity index (χ2v) is 8.45. The maximum atomic E-state index is 4.80. The molecule has 1 saturated carbocycles. The normalized spacial score (nSPS) is 21.3. The third kappa shape index (κ3) is 5.47. The number of nitrogens with zero attached hydrogens (tertiary/aromatic N) is 5. The smallest absolute Gasteiger partial charge is 0.191 e. The summed E-state index contributed by atoms with van der Waals surface area (Å²) in [5.74, 6) is 2.89. The van der Waals surface area contributed by atoms with Gasteiger partial charge in [-0.15, -0.1) is 10.2 Å². The van der Waals surface area contributed by atoms with Crippen LogP contribution < -0.4 is 10.6 Å². The summed E-state index contributed by atoms with van der Waals surface area (Å²) in [5, 5.41) is 15.6. The van der Waals surface area contributed by atoms with Crippen molar-refractivity contribution in [2.45, 2.75) is 57.9 Å². The van der Waals surface area contributed by atoms with Crippen LogP contribution in [0, 0.1) is 5.92 Å². The Bertz CT molecular complexity index is 793. The molecule has 1 aliphatic heterocycles. The topological polar surface area (TPSA) is 69.8 Å². The molecule has 0 spiro atoms. The summed E-state index contributed by atoms with van der Waals surface area (Å²) in [6.07, 6.45) is 10.8. The molecule has 158 valence electrons. The van der Waals surface area contributed by atoms with Gasteiger partial charge in [-0.1, -0.05) is 18.9 Å². The third-order valence-electron chi connectivity index (χ3n) is 6.16. The summed E-state index contributed by atoms with van der Waals surface area (Å²) in [4.78, 5) is 7.45. The predicted molar refractivity (Wildman–Crippen MR) is 117 cm³/mol. The molecule has 2 fully saturated rings. The van der Waals surface area contributed by atoms with Crippen molar-refractivity contribution in [2.75, 3.05) is 32.7 Å². The first kappa shape index (κ1) is 20.1. The monoisotopic (exact) mass is 397 g/mol. The Balaban J connectivity index is 1.23. The minimum atomic E-state index is 0.509. The molecule has 0 aromatic carbocycles. The van der Waals surface area contributed by atoms with Crippen LogP contribution in [0.5, 0.6) is 0 Å². The molecule has 29 heavy (non-hydrogen) atoms. The van der Waals surface area contributed by atoms with Crippen molar-refractivity contribution in [3.63, 3.8) is 0 Å². The van der Waals surface area contributed by atoms with Crippen molar-refractivity contribution in [3.8, 4) is 0 Å². The highest BCUT2D eigenvalue weighted by Crippen LogP contribution is 2.26. The third-order valence-corrected chi connectivity index (χ3v) is 6.16. The molecule has 0 bridgehead atoms. The summed E-state index contributed by atoms with van der Waals surface area (Å²) in [7, 11) is 0. The second-order valence-electron chi connectivity index (χ2n) is 8.45. The Kier molecular flexibility index (Phi) is 6.98. The highest BCUT2D eigenvalue weighted by atomic mass is 15.3. The predicted octanol–water partition coefficient (Wildman–Crippen LogP) is 2.48. The van der Waals surface area contributed by atoms with Crippen molar-refractivity contribution in [1.82, 2.24) is 30.1 Å². The van der Waals surface area contributed by atoms with Crippen LogP contribution in [-0.2, 0) is 6.42 Å². The summed E-state index contributed by atoms with van der Waals surface area (Å²) < 4.78 is 2.06. The van der Waals surface area contributed by atoms with Gasteiger partial charge in [0.05, 0.1) is 0 Å². The van der Waals surface area contributed by atoms with Gasteiger partial charge in [0.2, 0.25) is 0 Å². The summed E-state index contributed by atoms with van der Waals surface area (Å²) in [6, 6.07) is 6.50. The van der Waals surface area contributed by atoms with Gasteiger partial charge in [0, 0.05) is 51.4 Å². The van der Waals surface area contributed by atoms with E-state index in [0.29, 0.717) is 6.04 Å². The first-order valence-corrected chi connectivity index (χ1v) is 11.4. The van der Waals surface area contributed by atoms with Crippen LogP contribution >= 0.6 is 0 Å². The number of hydrogen-bond donors (Lipinski definition) is 2. The largest absolute Gasteiger partial charge is 0.357 e. The van der Waals surface area contributed by atoms with Gasteiger partial charge >= 0.3 is 0 Å². The van der Waals surface area contributed by atoms with E-state index in [1.807, 2.05) is 24.4 Å². The molecule has 7 nitrogen and oxygen atoms in total. The zero-order valence-corrected chi connectivity index (χ0v) is 17.7. The SMILES string of the molecule is CCNC(=NCCCc1nnc2ccccn12)NC1CCN(CC2CCCC2)C1. The number of aryl methyl sites for hydroxylation is 1. The average molecular weight is 398 g/mol. The van der Waals surface area contributed by atoms with E-state index in [0.717, 1.165) is 55.8 Å². The Morgan fingerprint density at radius 2 is 2.10 bits per heavy atom. The molecule has 1 saturated heterocycles. The maximum absolute atomic E-state index is 4.80. The van der Waals surface area contributed by atoms with Crippen molar-refractivity contribution >= 4 is 11.6 Å². The summed E-state index contributed by atoms with van der Waals surface area (Å²) in [5.41, 5.74) is 0.907. The van der Waals surface area contributed by atoms with E-state index in [1.165, 1.54) is 45.2 Å². The average Bonchev–Trinajstić information content (AvgIpc) is 3.48. The molecule has 2 aromatic rings. The Hall–Kier alpha value is -2.15. The Morgan fingerprint density at radius 1 is 1.21 bits per heavy atom. The fraction of sp³-hybridized carbons (Fsp3) is 0.682. The highest BCUT2D eigenvalue weighted by Gasteiger charge is 2.26. The lowest BCUT2D eigenvalue weighted by Crippen LogP contribution is -2.44. The van der Waals surface area contributed by atoms with Gasteiger partial charge in [-0.2, -0.15) is 0 Å². The lowest BCUT2D eigenvalue weighted by atomic mass is 10.1. The Labute approximate surface area is 174 Å². The minimum Gasteiger partial charge on any atom is -0.357 e. The van der Waals surface area contributed by atoms with Crippen LogP contribution in [-0.4, -0.2) is 64.2 Å². The fourth-order valence-electron chi connectivity index (χ4n) is 4.68. The molecular weight excluding hydrogens is 362 g/mol. The molecule has 4 rings (SSSR count). The van der Waals surface area contributed by atoms with Gasteiger partial charge in [-0.25, -0.2) is 0 Å². The zero-order chi connectivity index (χ0) is 19.9. The van der Waals surface area contributed by atoms with Gasteiger partial charge in [-0.05, 0) is 50.7 Å². The number of aromatic nitrogens is 3. The summed E-state index contributed by atoms with van der Waals surface area (Å²) >= 11 is 0. The quantitative estimate of drug-likeness (QED) is 0.407. The van der Waals surface area contributed by atoms with E-state index in [2.05, 4.69) is 37.1 Å². The van der Waals surface area contributed by atoms with E-state index in [-0.39, 0.29) is 0 Å². The minimum absolute atomic E-state index is 0.509. The van der Waals surface area contributed by atoms with E-state index < -0.39 is 0 Å². The van der Waals surface area contributed by atoms with Crippen LogP contribution in [0.15, 0.2) is 29.4 Å². The van der Waals surface area contributed by atoms with Gasteiger partial charge < -0.3 is 15.5 Å².